The van der Waals surface area contributed by atoms with Crippen LogP contribution in [0.4, 0.5) is 5.69 Å². The van der Waals surface area contributed by atoms with Crippen LogP contribution in [0.5, 0.6) is 5.75 Å². The third-order valence-corrected chi connectivity index (χ3v) is 7.65. The minimum absolute atomic E-state index is 0.134. The van der Waals surface area contributed by atoms with Gasteiger partial charge < -0.3 is 10.1 Å². The lowest BCUT2D eigenvalue weighted by atomic mass is 10.1. The second kappa shape index (κ2) is 12.3. The first-order valence-electron chi connectivity index (χ1n) is 12.7. The van der Waals surface area contributed by atoms with Gasteiger partial charge in [-0.1, -0.05) is 48.5 Å². The number of carbonyl (C=O) groups is 1. The van der Waals surface area contributed by atoms with Crippen LogP contribution in [-0.2, 0) is 29.7 Å². The Morgan fingerprint density at radius 1 is 0.946 bits per heavy atom. The molecule has 1 amide bonds. The molecule has 0 spiro atoms. The number of sulfonamides is 1. The fourth-order valence-corrected chi connectivity index (χ4v) is 5.48. The van der Waals surface area contributed by atoms with Gasteiger partial charge >= 0.3 is 0 Å². The molecule has 37 heavy (non-hydrogen) atoms. The van der Waals surface area contributed by atoms with Crippen LogP contribution in [0.15, 0.2) is 72.8 Å². The highest BCUT2D eigenvalue weighted by Crippen LogP contribution is 2.31. The van der Waals surface area contributed by atoms with Gasteiger partial charge in [0.25, 0.3) is 5.91 Å². The van der Waals surface area contributed by atoms with E-state index in [-0.39, 0.29) is 12.5 Å². The van der Waals surface area contributed by atoms with E-state index in [4.69, 9.17) is 4.74 Å². The number of hydrogen-bond acceptors (Lipinski definition) is 5. The molecule has 0 aromatic heterocycles. The van der Waals surface area contributed by atoms with Crippen LogP contribution >= 0.6 is 0 Å². The van der Waals surface area contributed by atoms with E-state index < -0.39 is 10.0 Å². The topological polar surface area (TPSA) is 79.0 Å². The number of carbonyl (C=O) groups excluding carboxylic acids is 1. The number of para-hydroxylation sites is 2. The Morgan fingerprint density at radius 3 is 2.27 bits per heavy atom. The molecule has 4 rings (SSSR count). The molecule has 0 saturated carbocycles. The Hall–Kier alpha value is -3.36. The Bertz CT molecular complexity index is 1300. The largest absolute Gasteiger partial charge is 0.492 e. The number of likely N-dealkylation sites (tertiary alicyclic amines) is 1. The normalized spacial score (nSPS) is 13.9. The molecule has 0 atom stereocenters. The molecule has 1 saturated heterocycles. The predicted molar refractivity (Wildman–Crippen MR) is 147 cm³/mol. The molecule has 3 aromatic rings. The monoisotopic (exact) mass is 521 g/mol. The molecule has 1 aliphatic heterocycles. The van der Waals surface area contributed by atoms with Gasteiger partial charge in [0.1, 0.15) is 5.75 Å². The van der Waals surface area contributed by atoms with E-state index >= 15 is 0 Å². The molecule has 1 N–H and O–H groups in total. The third-order valence-electron chi connectivity index (χ3n) is 6.53. The number of nitrogens with zero attached hydrogens (tertiary/aromatic N) is 2. The summed E-state index contributed by atoms with van der Waals surface area (Å²) in [7, 11) is -3.57. The molecule has 1 aliphatic rings. The standard InChI is InChI=1S/C29H35N3O4S/c1-3-36-28-13-7-6-12-27(28)32(37(2,34)35)21-23-14-16-24(17-15-23)29(33)30-20-25-10-4-5-11-26(25)22-31-18-8-9-19-31/h4-7,10-17H,3,8-9,18-22H2,1-2H3,(H,30,33). The minimum atomic E-state index is -3.57. The molecule has 196 valence electrons. The Labute approximate surface area is 220 Å². The van der Waals surface area contributed by atoms with E-state index in [1.165, 1.54) is 29.0 Å². The highest BCUT2D eigenvalue weighted by Gasteiger charge is 2.22. The lowest BCUT2D eigenvalue weighted by Gasteiger charge is -2.24. The number of anilines is 1. The van der Waals surface area contributed by atoms with Crippen molar-refractivity contribution in [3.05, 3.63) is 95.1 Å². The maximum atomic E-state index is 12.9. The summed E-state index contributed by atoms with van der Waals surface area (Å²) in [6, 6.07) is 22.4. The summed E-state index contributed by atoms with van der Waals surface area (Å²) in [4.78, 5) is 15.3. The third kappa shape index (κ3) is 7.11. The first-order chi connectivity index (χ1) is 17.8. The lowest BCUT2D eigenvalue weighted by Crippen LogP contribution is -2.30. The van der Waals surface area contributed by atoms with E-state index in [1.807, 2.05) is 25.1 Å². The van der Waals surface area contributed by atoms with Crippen molar-refractivity contribution in [2.45, 2.75) is 39.4 Å². The second-order valence-electron chi connectivity index (χ2n) is 9.30. The summed E-state index contributed by atoms with van der Waals surface area (Å²) in [6.07, 6.45) is 3.67. The van der Waals surface area contributed by atoms with Crippen molar-refractivity contribution in [3.63, 3.8) is 0 Å². The van der Waals surface area contributed by atoms with E-state index in [1.54, 1.807) is 42.5 Å². The molecule has 0 aliphatic carbocycles. The van der Waals surface area contributed by atoms with Crippen LogP contribution in [-0.4, -0.2) is 45.2 Å². The number of ether oxygens (including phenoxy) is 1. The van der Waals surface area contributed by atoms with Crippen LogP contribution in [0.2, 0.25) is 0 Å². The van der Waals surface area contributed by atoms with Gasteiger partial charge in [0.05, 0.1) is 25.1 Å². The molecule has 0 bridgehead atoms. The van der Waals surface area contributed by atoms with Crippen LogP contribution in [0, 0.1) is 0 Å². The summed E-state index contributed by atoms with van der Waals surface area (Å²) in [6.45, 7) is 6.04. The van der Waals surface area contributed by atoms with E-state index in [9.17, 15) is 13.2 Å². The molecule has 7 nitrogen and oxygen atoms in total. The van der Waals surface area contributed by atoms with E-state index in [0.29, 0.717) is 30.2 Å². The molecule has 1 fully saturated rings. The maximum absolute atomic E-state index is 12.9. The minimum Gasteiger partial charge on any atom is -0.492 e. The summed E-state index contributed by atoms with van der Waals surface area (Å²) in [5.74, 6) is 0.348. The zero-order valence-electron chi connectivity index (χ0n) is 21.5. The Balaban J connectivity index is 1.42. The second-order valence-corrected chi connectivity index (χ2v) is 11.2. The Kier molecular flexibility index (Phi) is 8.84. The van der Waals surface area contributed by atoms with Gasteiger partial charge in [-0.2, -0.15) is 0 Å². The van der Waals surface area contributed by atoms with Crippen molar-refractivity contribution in [2.24, 2.45) is 0 Å². The van der Waals surface area contributed by atoms with Gasteiger partial charge in [-0.05, 0) is 73.8 Å². The fraction of sp³-hybridized carbons (Fsp3) is 0.345. The molecule has 8 heteroatoms. The maximum Gasteiger partial charge on any atom is 0.251 e. The summed E-state index contributed by atoms with van der Waals surface area (Å²) >= 11 is 0. The average Bonchev–Trinajstić information content (AvgIpc) is 3.40. The first-order valence-corrected chi connectivity index (χ1v) is 14.6. The highest BCUT2D eigenvalue weighted by molar-refractivity contribution is 7.92. The average molecular weight is 522 g/mol. The van der Waals surface area contributed by atoms with Crippen molar-refractivity contribution >= 4 is 21.6 Å². The quantitative estimate of drug-likeness (QED) is 0.400. The van der Waals surface area contributed by atoms with Gasteiger partial charge in [0.2, 0.25) is 10.0 Å². The summed E-state index contributed by atoms with van der Waals surface area (Å²) in [5.41, 5.74) is 4.15. The van der Waals surface area contributed by atoms with Gasteiger partial charge in [0, 0.05) is 18.7 Å². The van der Waals surface area contributed by atoms with Crippen molar-refractivity contribution in [1.29, 1.82) is 0 Å². The number of rotatable bonds is 11. The summed E-state index contributed by atoms with van der Waals surface area (Å²) in [5, 5.41) is 3.03. The van der Waals surface area contributed by atoms with Crippen molar-refractivity contribution in [2.75, 3.05) is 30.3 Å². The van der Waals surface area contributed by atoms with E-state index in [0.717, 1.165) is 30.8 Å². The number of hydrogen-bond donors (Lipinski definition) is 1. The first kappa shape index (κ1) is 26.7. The lowest BCUT2D eigenvalue weighted by molar-refractivity contribution is 0.0950. The SMILES string of the molecule is CCOc1ccccc1N(Cc1ccc(C(=O)NCc2ccccc2CN2CCCC2)cc1)S(C)(=O)=O. The van der Waals surface area contributed by atoms with Crippen molar-refractivity contribution in [1.82, 2.24) is 10.2 Å². The van der Waals surface area contributed by atoms with Crippen LogP contribution in [0.1, 0.15) is 46.8 Å². The van der Waals surface area contributed by atoms with Crippen LogP contribution < -0.4 is 14.4 Å². The number of benzene rings is 3. The van der Waals surface area contributed by atoms with Crippen LogP contribution in [0.3, 0.4) is 0 Å². The molecule has 0 radical (unpaired) electrons. The zero-order chi connectivity index (χ0) is 26.3. The predicted octanol–water partition coefficient (Wildman–Crippen LogP) is 4.58. The molecular formula is C29H35N3O4S. The smallest absolute Gasteiger partial charge is 0.251 e. The molecule has 0 unspecified atom stereocenters. The molecule has 3 aromatic carbocycles. The highest BCUT2D eigenvalue weighted by atomic mass is 32.2. The molecular weight excluding hydrogens is 486 g/mol. The number of amides is 1. The fourth-order valence-electron chi connectivity index (χ4n) is 4.59. The van der Waals surface area contributed by atoms with Crippen molar-refractivity contribution in [3.8, 4) is 5.75 Å². The van der Waals surface area contributed by atoms with Gasteiger partial charge in [0.15, 0.2) is 0 Å². The Morgan fingerprint density at radius 2 is 1.59 bits per heavy atom. The van der Waals surface area contributed by atoms with Gasteiger partial charge in [-0.15, -0.1) is 0 Å². The van der Waals surface area contributed by atoms with Crippen molar-refractivity contribution < 1.29 is 17.9 Å². The summed E-state index contributed by atoms with van der Waals surface area (Å²) < 4.78 is 32.2. The molecule has 1 heterocycles. The van der Waals surface area contributed by atoms with Gasteiger partial charge in [-0.25, -0.2) is 8.42 Å². The van der Waals surface area contributed by atoms with Crippen LogP contribution in [0.25, 0.3) is 0 Å². The zero-order valence-corrected chi connectivity index (χ0v) is 22.3. The van der Waals surface area contributed by atoms with Gasteiger partial charge in [-0.3, -0.25) is 14.0 Å². The van der Waals surface area contributed by atoms with E-state index in [2.05, 4.69) is 22.3 Å². The number of nitrogens with one attached hydrogen (secondary N) is 1.